The number of nitrogens with one attached hydrogen (secondary N) is 1. The molecule has 1 aromatic heterocycles. The quantitative estimate of drug-likeness (QED) is 0.828. The summed E-state index contributed by atoms with van der Waals surface area (Å²) in [6.45, 7) is 4.03. The summed E-state index contributed by atoms with van der Waals surface area (Å²) in [6, 6.07) is 10.2. The molecule has 0 amide bonds. The van der Waals surface area contributed by atoms with Crippen molar-refractivity contribution in [2.24, 2.45) is 0 Å². The Morgan fingerprint density at radius 3 is 2.82 bits per heavy atom. The molecule has 1 aromatic carbocycles. The molecule has 0 aliphatic carbocycles. The predicted octanol–water partition coefficient (Wildman–Crippen LogP) is 2.34. The highest BCUT2D eigenvalue weighted by Crippen LogP contribution is 2.05. The van der Waals surface area contributed by atoms with Crippen LogP contribution in [0, 0.1) is 0 Å². The van der Waals surface area contributed by atoms with E-state index in [0.29, 0.717) is 0 Å². The molecule has 4 heteroatoms. The van der Waals surface area contributed by atoms with Gasteiger partial charge in [0.1, 0.15) is 12.2 Å². The van der Waals surface area contributed by atoms with Gasteiger partial charge in [-0.1, -0.05) is 25.1 Å². The number of rotatable bonds is 6. The van der Waals surface area contributed by atoms with Crippen LogP contribution < -0.4 is 5.32 Å². The van der Waals surface area contributed by atoms with Gasteiger partial charge >= 0.3 is 0 Å². The number of aryl methyl sites for hydroxylation is 1. The van der Waals surface area contributed by atoms with Gasteiger partial charge in [0.2, 0.25) is 0 Å². The first kappa shape index (κ1) is 11.6. The van der Waals surface area contributed by atoms with E-state index in [9.17, 15) is 0 Å². The maximum atomic E-state index is 4.14. The molecule has 0 unspecified atom stereocenters. The number of hydrogen-bond acceptors (Lipinski definition) is 3. The minimum atomic E-state index is 0.881. The monoisotopic (exact) mass is 230 g/mol. The van der Waals surface area contributed by atoms with E-state index in [1.165, 1.54) is 0 Å². The fourth-order valence-corrected chi connectivity index (χ4v) is 1.77. The fraction of sp³-hybridized carbons (Fsp3) is 0.385. The van der Waals surface area contributed by atoms with Gasteiger partial charge in [-0.25, -0.2) is 0 Å². The highest BCUT2D eigenvalue weighted by molar-refractivity contribution is 5.42. The number of anilines is 1. The molecule has 1 heterocycles. The van der Waals surface area contributed by atoms with Crippen molar-refractivity contribution in [1.82, 2.24) is 14.8 Å². The lowest BCUT2D eigenvalue weighted by molar-refractivity contribution is 0.638. The third-order valence-corrected chi connectivity index (χ3v) is 2.61. The van der Waals surface area contributed by atoms with Gasteiger partial charge in [0.05, 0.1) is 0 Å². The first-order valence-electron chi connectivity index (χ1n) is 6.05. The molecule has 4 nitrogen and oxygen atoms in total. The zero-order valence-corrected chi connectivity index (χ0v) is 10.1. The summed E-state index contributed by atoms with van der Waals surface area (Å²) in [5.74, 6) is 1.05. The average molecular weight is 230 g/mol. The minimum Gasteiger partial charge on any atom is -0.385 e. The molecule has 1 N–H and O–H groups in total. The summed E-state index contributed by atoms with van der Waals surface area (Å²) >= 11 is 0. The summed E-state index contributed by atoms with van der Waals surface area (Å²) in [5.41, 5.74) is 1.15. The van der Waals surface area contributed by atoms with Crippen LogP contribution >= 0.6 is 0 Å². The van der Waals surface area contributed by atoms with E-state index < -0.39 is 0 Å². The largest absolute Gasteiger partial charge is 0.385 e. The van der Waals surface area contributed by atoms with Crippen LogP contribution in [0.3, 0.4) is 0 Å². The van der Waals surface area contributed by atoms with Crippen LogP contribution in [-0.4, -0.2) is 21.3 Å². The Morgan fingerprint density at radius 2 is 2.06 bits per heavy atom. The van der Waals surface area contributed by atoms with Gasteiger partial charge in [-0.2, -0.15) is 0 Å². The van der Waals surface area contributed by atoms with Crippen LogP contribution in [-0.2, 0) is 13.0 Å². The highest BCUT2D eigenvalue weighted by atomic mass is 15.3. The van der Waals surface area contributed by atoms with E-state index in [4.69, 9.17) is 0 Å². The lowest BCUT2D eigenvalue weighted by atomic mass is 10.3. The first-order valence-corrected chi connectivity index (χ1v) is 6.05. The SMILES string of the molecule is CCCn1cnnc1CCNc1ccccc1. The lowest BCUT2D eigenvalue weighted by Gasteiger charge is -2.07. The molecule has 0 spiro atoms. The van der Waals surface area contributed by atoms with Crippen molar-refractivity contribution in [3.63, 3.8) is 0 Å². The van der Waals surface area contributed by atoms with Crippen LogP contribution in [0.2, 0.25) is 0 Å². The molecular formula is C13H18N4. The number of hydrogen-bond donors (Lipinski definition) is 1. The Kier molecular flexibility index (Phi) is 4.13. The maximum absolute atomic E-state index is 4.14. The number of aromatic nitrogens is 3. The Balaban J connectivity index is 1.84. The second-order valence-electron chi connectivity index (χ2n) is 3.98. The summed E-state index contributed by atoms with van der Waals surface area (Å²) in [5, 5.41) is 11.5. The lowest BCUT2D eigenvalue weighted by Crippen LogP contribution is -2.10. The van der Waals surface area contributed by atoms with Gasteiger partial charge < -0.3 is 9.88 Å². The molecule has 17 heavy (non-hydrogen) atoms. The average Bonchev–Trinajstić information content (AvgIpc) is 2.79. The van der Waals surface area contributed by atoms with Gasteiger partial charge in [0.15, 0.2) is 0 Å². The molecule has 90 valence electrons. The van der Waals surface area contributed by atoms with Crippen LogP contribution in [0.25, 0.3) is 0 Å². The van der Waals surface area contributed by atoms with Gasteiger partial charge in [-0.15, -0.1) is 10.2 Å². The van der Waals surface area contributed by atoms with Gasteiger partial charge in [-0.05, 0) is 18.6 Å². The van der Waals surface area contributed by atoms with E-state index in [-0.39, 0.29) is 0 Å². The molecule has 2 rings (SSSR count). The summed E-state index contributed by atoms with van der Waals surface area (Å²) in [6.07, 6.45) is 3.81. The Bertz CT molecular complexity index is 436. The van der Waals surface area contributed by atoms with Crippen LogP contribution in [0.4, 0.5) is 5.69 Å². The molecule has 0 aliphatic rings. The molecule has 0 saturated heterocycles. The highest BCUT2D eigenvalue weighted by Gasteiger charge is 2.02. The summed E-state index contributed by atoms with van der Waals surface area (Å²) in [4.78, 5) is 0. The van der Waals surface area contributed by atoms with Crippen molar-refractivity contribution in [1.29, 1.82) is 0 Å². The summed E-state index contributed by atoms with van der Waals surface area (Å²) in [7, 11) is 0. The smallest absolute Gasteiger partial charge is 0.134 e. The molecule has 0 aliphatic heterocycles. The van der Waals surface area contributed by atoms with Crippen molar-refractivity contribution in [2.45, 2.75) is 26.3 Å². The molecule has 0 radical (unpaired) electrons. The standard InChI is InChI=1S/C13H18N4/c1-2-10-17-11-15-16-13(17)8-9-14-12-6-4-3-5-7-12/h3-7,11,14H,2,8-10H2,1H3. The maximum Gasteiger partial charge on any atom is 0.134 e. The van der Waals surface area contributed by atoms with Crippen molar-refractivity contribution in [3.8, 4) is 0 Å². The zero-order chi connectivity index (χ0) is 11.9. The van der Waals surface area contributed by atoms with E-state index in [0.717, 1.165) is 37.4 Å². The Morgan fingerprint density at radius 1 is 1.24 bits per heavy atom. The topological polar surface area (TPSA) is 42.7 Å². The van der Waals surface area contributed by atoms with Crippen LogP contribution in [0.1, 0.15) is 19.2 Å². The third-order valence-electron chi connectivity index (χ3n) is 2.61. The molecule has 0 atom stereocenters. The minimum absolute atomic E-state index is 0.881. The fourth-order valence-electron chi connectivity index (χ4n) is 1.77. The summed E-state index contributed by atoms with van der Waals surface area (Å²) < 4.78 is 2.12. The molecule has 0 fully saturated rings. The van der Waals surface area contributed by atoms with Crippen molar-refractivity contribution < 1.29 is 0 Å². The Labute approximate surface area is 102 Å². The van der Waals surface area contributed by atoms with Gasteiger partial charge in [-0.3, -0.25) is 0 Å². The first-order chi connectivity index (χ1) is 8.40. The number of benzene rings is 1. The van der Waals surface area contributed by atoms with Crippen molar-refractivity contribution in [3.05, 3.63) is 42.5 Å². The second-order valence-corrected chi connectivity index (χ2v) is 3.98. The Hall–Kier alpha value is -1.84. The van der Waals surface area contributed by atoms with E-state index in [2.05, 4.69) is 39.1 Å². The second kappa shape index (κ2) is 6.03. The zero-order valence-electron chi connectivity index (χ0n) is 10.1. The van der Waals surface area contributed by atoms with E-state index in [1.807, 2.05) is 18.2 Å². The van der Waals surface area contributed by atoms with Crippen LogP contribution in [0.15, 0.2) is 36.7 Å². The van der Waals surface area contributed by atoms with E-state index in [1.54, 1.807) is 6.33 Å². The van der Waals surface area contributed by atoms with Crippen molar-refractivity contribution >= 4 is 5.69 Å². The normalized spacial score (nSPS) is 10.4. The van der Waals surface area contributed by atoms with Crippen LogP contribution in [0.5, 0.6) is 0 Å². The molecule has 0 bridgehead atoms. The molecule has 2 aromatic rings. The molecule has 0 saturated carbocycles. The number of nitrogens with zero attached hydrogens (tertiary/aromatic N) is 3. The molecular weight excluding hydrogens is 212 g/mol. The van der Waals surface area contributed by atoms with E-state index >= 15 is 0 Å². The predicted molar refractivity (Wildman–Crippen MR) is 68.9 cm³/mol. The third kappa shape index (κ3) is 3.31. The number of para-hydroxylation sites is 1. The van der Waals surface area contributed by atoms with Gasteiger partial charge in [0, 0.05) is 25.2 Å². The van der Waals surface area contributed by atoms with Gasteiger partial charge in [0.25, 0.3) is 0 Å². The van der Waals surface area contributed by atoms with Crippen molar-refractivity contribution in [2.75, 3.05) is 11.9 Å².